The number of halogens is 1. The molecular weight excluding hydrogens is 394 g/mol. The Hall–Kier alpha value is -0.880. The Kier molecular flexibility index (Phi) is 18.5. The summed E-state index contributed by atoms with van der Waals surface area (Å²) in [5, 5.41) is 17.9. The average molecular weight is 436 g/mol. The van der Waals surface area contributed by atoms with Gasteiger partial charge in [-0.05, 0) is 6.42 Å². The van der Waals surface area contributed by atoms with E-state index in [2.05, 4.69) is 6.92 Å². The van der Waals surface area contributed by atoms with Crippen LogP contribution in [-0.4, -0.2) is 34.2 Å². The Bertz CT molecular complexity index is 422. The van der Waals surface area contributed by atoms with E-state index in [9.17, 15) is 20.0 Å². The molecule has 0 aliphatic rings. The maximum absolute atomic E-state index is 11.8. The van der Waals surface area contributed by atoms with E-state index in [-0.39, 0.29) is 12.8 Å². The van der Waals surface area contributed by atoms with Gasteiger partial charge < -0.3 is 9.84 Å². The van der Waals surface area contributed by atoms with Gasteiger partial charge in [0.2, 0.25) is 11.6 Å². The molecule has 0 aromatic rings. The Balaban J connectivity index is 3.47. The number of rotatable bonds is 21. The van der Waals surface area contributed by atoms with Gasteiger partial charge in [0.25, 0.3) is 0 Å². The van der Waals surface area contributed by atoms with Crippen LogP contribution in [0.4, 0.5) is 0 Å². The number of unbranched alkanes of at least 4 members (excludes halogenated alkanes) is 14. The minimum absolute atomic E-state index is 0.206. The number of esters is 1. The van der Waals surface area contributed by atoms with Crippen molar-refractivity contribution in [3.63, 3.8) is 0 Å². The van der Waals surface area contributed by atoms with Crippen molar-refractivity contribution in [1.82, 2.24) is 0 Å². The summed E-state index contributed by atoms with van der Waals surface area (Å²) in [7, 11) is 0. The summed E-state index contributed by atoms with van der Waals surface area (Å²) in [4.78, 5) is 21.7. The van der Waals surface area contributed by atoms with Gasteiger partial charge in [0.1, 0.15) is 0 Å². The lowest BCUT2D eigenvalue weighted by atomic mass is 10.0. The SMILES string of the molecule is CCCCCCCCCCCCCCCCCC(=O)OC(Cl)(CO)CC[N+](=O)[O-]. The van der Waals surface area contributed by atoms with Gasteiger partial charge in [-0.25, -0.2) is 0 Å². The molecule has 0 aromatic carbocycles. The third kappa shape index (κ3) is 18.9. The number of alkyl halides is 1. The van der Waals surface area contributed by atoms with Gasteiger partial charge in [0.15, 0.2) is 0 Å². The summed E-state index contributed by atoms with van der Waals surface area (Å²) in [5.41, 5.74) is 0. The van der Waals surface area contributed by atoms with Crippen LogP contribution in [0.3, 0.4) is 0 Å². The molecule has 0 saturated heterocycles. The van der Waals surface area contributed by atoms with Crippen LogP contribution < -0.4 is 0 Å². The first-order valence-electron chi connectivity index (χ1n) is 11.6. The van der Waals surface area contributed by atoms with Crippen LogP contribution in [0.25, 0.3) is 0 Å². The molecule has 1 atom stereocenters. The summed E-state index contributed by atoms with van der Waals surface area (Å²) in [6.45, 7) is 1.17. The first-order chi connectivity index (χ1) is 13.9. The highest BCUT2D eigenvalue weighted by molar-refractivity contribution is 6.23. The van der Waals surface area contributed by atoms with E-state index < -0.39 is 29.1 Å². The highest BCUT2D eigenvalue weighted by Crippen LogP contribution is 2.22. The number of carbonyl (C=O) groups excluding carboxylic acids is 1. The Labute approximate surface area is 181 Å². The van der Waals surface area contributed by atoms with E-state index in [0.717, 1.165) is 12.8 Å². The molecule has 0 rings (SSSR count). The molecular formula is C22H42ClNO5. The van der Waals surface area contributed by atoms with Crippen molar-refractivity contribution in [3.8, 4) is 0 Å². The van der Waals surface area contributed by atoms with E-state index in [1.54, 1.807) is 0 Å². The quantitative estimate of drug-likeness (QED) is 0.0741. The third-order valence-electron chi connectivity index (χ3n) is 5.19. The van der Waals surface area contributed by atoms with Crippen molar-refractivity contribution in [2.75, 3.05) is 13.2 Å². The molecule has 7 heteroatoms. The Morgan fingerprint density at radius 2 is 1.31 bits per heavy atom. The molecule has 0 bridgehead atoms. The van der Waals surface area contributed by atoms with Gasteiger partial charge in [-0.3, -0.25) is 14.9 Å². The lowest BCUT2D eigenvalue weighted by molar-refractivity contribution is -0.482. The monoisotopic (exact) mass is 435 g/mol. The molecule has 0 saturated carbocycles. The van der Waals surface area contributed by atoms with Gasteiger partial charge >= 0.3 is 5.97 Å². The molecule has 0 fully saturated rings. The van der Waals surface area contributed by atoms with Crippen LogP contribution in [0.1, 0.15) is 116 Å². The third-order valence-corrected chi connectivity index (χ3v) is 5.57. The minimum atomic E-state index is -1.68. The van der Waals surface area contributed by atoms with Crippen LogP contribution in [0, 0.1) is 10.1 Å². The molecule has 6 nitrogen and oxygen atoms in total. The second-order valence-electron chi connectivity index (χ2n) is 8.02. The van der Waals surface area contributed by atoms with Gasteiger partial charge in [-0.2, -0.15) is 0 Å². The van der Waals surface area contributed by atoms with Crippen molar-refractivity contribution in [2.45, 2.75) is 121 Å². The summed E-state index contributed by atoms with van der Waals surface area (Å²) in [6, 6.07) is 0. The van der Waals surface area contributed by atoms with Gasteiger partial charge in [0, 0.05) is 11.3 Å². The predicted octanol–water partition coefficient (Wildman–Crippen LogP) is 6.39. The summed E-state index contributed by atoms with van der Waals surface area (Å²) in [6.07, 6.45) is 18.8. The van der Waals surface area contributed by atoms with Crippen LogP contribution in [0.5, 0.6) is 0 Å². The maximum Gasteiger partial charge on any atom is 0.307 e. The molecule has 1 N–H and O–H groups in total. The second kappa shape index (κ2) is 19.1. The lowest BCUT2D eigenvalue weighted by Gasteiger charge is -2.23. The maximum atomic E-state index is 11.8. The van der Waals surface area contributed by atoms with Crippen LogP contribution >= 0.6 is 11.6 Å². The molecule has 0 aliphatic carbocycles. The highest BCUT2D eigenvalue weighted by atomic mass is 35.5. The molecule has 0 heterocycles. The number of nitrogens with zero attached hydrogens (tertiary/aromatic N) is 1. The van der Waals surface area contributed by atoms with Gasteiger partial charge in [0.05, 0.1) is 13.0 Å². The second-order valence-corrected chi connectivity index (χ2v) is 8.71. The largest absolute Gasteiger partial charge is 0.440 e. The standard InChI is InChI=1S/C22H42ClNO5/c1-2-3-4-5-6-7-8-9-10-11-12-13-14-15-16-17-21(26)29-22(23,20-25)18-19-24(27)28/h25H,2-20H2,1H3. The average Bonchev–Trinajstić information content (AvgIpc) is 2.69. The van der Waals surface area contributed by atoms with E-state index in [1.165, 1.54) is 77.0 Å². The number of hydrogen-bond donors (Lipinski definition) is 1. The van der Waals surface area contributed by atoms with E-state index >= 15 is 0 Å². The van der Waals surface area contributed by atoms with Gasteiger partial charge in [-0.1, -0.05) is 108 Å². The predicted molar refractivity (Wildman–Crippen MR) is 118 cm³/mol. The van der Waals surface area contributed by atoms with Crippen LogP contribution in [-0.2, 0) is 9.53 Å². The fourth-order valence-electron chi connectivity index (χ4n) is 3.32. The van der Waals surface area contributed by atoms with Crippen LogP contribution in [0.2, 0.25) is 0 Å². The van der Waals surface area contributed by atoms with Crippen molar-refractivity contribution >= 4 is 17.6 Å². The molecule has 29 heavy (non-hydrogen) atoms. The molecule has 0 amide bonds. The van der Waals surface area contributed by atoms with E-state index in [1.807, 2.05) is 0 Å². The molecule has 172 valence electrons. The summed E-state index contributed by atoms with van der Waals surface area (Å²) >= 11 is 5.94. The Morgan fingerprint density at radius 1 is 0.897 bits per heavy atom. The topological polar surface area (TPSA) is 89.7 Å². The zero-order valence-electron chi connectivity index (χ0n) is 18.3. The smallest absolute Gasteiger partial charge is 0.307 e. The molecule has 0 aliphatic heterocycles. The van der Waals surface area contributed by atoms with E-state index in [0.29, 0.717) is 6.42 Å². The number of aliphatic hydroxyl groups is 1. The normalized spacial score (nSPS) is 13.2. The molecule has 0 spiro atoms. The first-order valence-corrected chi connectivity index (χ1v) is 11.9. The molecule has 1 unspecified atom stereocenters. The number of hydrogen-bond acceptors (Lipinski definition) is 5. The zero-order chi connectivity index (χ0) is 21.8. The van der Waals surface area contributed by atoms with E-state index in [4.69, 9.17) is 16.3 Å². The molecule has 0 radical (unpaired) electrons. The Morgan fingerprint density at radius 3 is 1.69 bits per heavy atom. The van der Waals surface area contributed by atoms with Crippen LogP contribution in [0.15, 0.2) is 0 Å². The zero-order valence-corrected chi connectivity index (χ0v) is 19.1. The molecule has 0 aromatic heterocycles. The summed E-state index contributed by atoms with van der Waals surface area (Å²) in [5.74, 6) is -0.507. The first kappa shape index (κ1) is 28.1. The highest BCUT2D eigenvalue weighted by Gasteiger charge is 2.32. The number of ether oxygens (including phenoxy) is 1. The number of aliphatic hydroxyl groups excluding tert-OH is 1. The van der Waals surface area contributed by atoms with Crippen molar-refractivity contribution in [1.29, 1.82) is 0 Å². The lowest BCUT2D eigenvalue weighted by Crippen LogP contribution is -2.35. The minimum Gasteiger partial charge on any atom is -0.440 e. The van der Waals surface area contributed by atoms with Crippen molar-refractivity contribution in [2.24, 2.45) is 0 Å². The fourth-order valence-corrected chi connectivity index (χ4v) is 3.49. The summed E-state index contributed by atoms with van der Waals surface area (Å²) < 4.78 is 5.03. The number of carbonyl (C=O) groups is 1. The van der Waals surface area contributed by atoms with Gasteiger partial charge in [-0.15, -0.1) is 0 Å². The fraction of sp³-hybridized carbons (Fsp3) is 0.955. The van der Waals surface area contributed by atoms with Crippen molar-refractivity contribution in [3.05, 3.63) is 10.1 Å². The van der Waals surface area contributed by atoms with Crippen molar-refractivity contribution < 1.29 is 19.6 Å². The number of nitro groups is 1.